The van der Waals surface area contributed by atoms with Crippen LogP contribution in [0.3, 0.4) is 0 Å². The van der Waals surface area contributed by atoms with E-state index in [0.717, 1.165) is 56.7 Å². The van der Waals surface area contributed by atoms with E-state index in [0.29, 0.717) is 6.54 Å². The lowest BCUT2D eigenvalue weighted by molar-refractivity contribution is -0.132. The molecule has 2 fully saturated rings. The number of amides is 3. The van der Waals surface area contributed by atoms with Crippen molar-refractivity contribution in [1.82, 2.24) is 10.2 Å². The Morgan fingerprint density at radius 1 is 1.19 bits per heavy atom. The average molecular weight is 359 g/mol. The van der Waals surface area contributed by atoms with Crippen molar-refractivity contribution in [2.75, 3.05) is 11.9 Å². The fourth-order valence-electron chi connectivity index (χ4n) is 3.99. The van der Waals surface area contributed by atoms with Crippen LogP contribution in [-0.4, -0.2) is 34.3 Å². The highest BCUT2D eigenvalue weighted by Gasteiger charge is 2.53. The number of carbonyl (C=O) groups is 2. The lowest BCUT2D eigenvalue weighted by Crippen LogP contribution is -2.46. The summed E-state index contributed by atoms with van der Waals surface area (Å²) < 4.78 is 0. The van der Waals surface area contributed by atoms with Crippen LogP contribution in [0.15, 0.2) is 0 Å². The second-order valence-electron chi connectivity index (χ2n) is 6.74. The van der Waals surface area contributed by atoms with Gasteiger partial charge in [-0.2, -0.15) is 0 Å². The van der Waals surface area contributed by atoms with Crippen molar-refractivity contribution in [3.8, 4) is 0 Å². The molecule has 0 radical (unpaired) electrons. The van der Waals surface area contributed by atoms with Crippen LogP contribution in [0.2, 0.25) is 0 Å². The van der Waals surface area contributed by atoms with Crippen molar-refractivity contribution in [1.29, 1.82) is 0 Å². The first-order valence-corrected chi connectivity index (χ1v) is 9.35. The van der Waals surface area contributed by atoms with Gasteiger partial charge in [-0.3, -0.25) is 9.69 Å². The number of halogens is 1. The molecule has 2 aliphatic rings. The minimum Gasteiger partial charge on any atom is -0.323 e. The Morgan fingerprint density at radius 3 is 2.24 bits per heavy atom. The summed E-state index contributed by atoms with van der Waals surface area (Å²) in [5, 5.41) is 3.82. The summed E-state index contributed by atoms with van der Waals surface area (Å²) in [5.41, 5.74) is -0.561. The summed E-state index contributed by atoms with van der Waals surface area (Å²) >= 11 is 3.63. The molecular weight excluding hydrogens is 332 g/mol. The SMILES string of the molecule is CCCC(CBr)(CCC)CN1C(=O)NC2(CCCC2)C1=O. The van der Waals surface area contributed by atoms with Crippen molar-refractivity contribution >= 4 is 27.9 Å². The van der Waals surface area contributed by atoms with Gasteiger partial charge in [0.1, 0.15) is 5.54 Å². The molecule has 0 aromatic carbocycles. The van der Waals surface area contributed by atoms with Crippen LogP contribution in [0.5, 0.6) is 0 Å². The third-order valence-electron chi connectivity index (χ3n) is 5.04. The van der Waals surface area contributed by atoms with E-state index < -0.39 is 5.54 Å². The molecular formula is C16H27BrN2O2. The lowest BCUT2D eigenvalue weighted by atomic mass is 9.80. The summed E-state index contributed by atoms with van der Waals surface area (Å²) in [4.78, 5) is 26.6. The number of nitrogens with one attached hydrogen (secondary N) is 1. The maximum atomic E-state index is 12.8. The first kappa shape index (κ1) is 16.8. The molecule has 1 aliphatic carbocycles. The highest BCUT2D eigenvalue weighted by Crippen LogP contribution is 2.39. The molecule has 21 heavy (non-hydrogen) atoms. The van der Waals surface area contributed by atoms with Gasteiger partial charge < -0.3 is 5.32 Å². The van der Waals surface area contributed by atoms with Gasteiger partial charge >= 0.3 is 6.03 Å². The normalized spacial score (nSPS) is 21.4. The van der Waals surface area contributed by atoms with Crippen LogP contribution >= 0.6 is 15.9 Å². The molecule has 0 atom stereocenters. The molecule has 2 rings (SSSR count). The highest BCUT2D eigenvalue weighted by molar-refractivity contribution is 9.09. The van der Waals surface area contributed by atoms with E-state index in [-0.39, 0.29) is 17.4 Å². The van der Waals surface area contributed by atoms with Crippen LogP contribution in [0, 0.1) is 5.41 Å². The van der Waals surface area contributed by atoms with Crippen LogP contribution in [0.4, 0.5) is 4.79 Å². The standard InChI is InChI=1S/C16H27BrN2O2/c1-3-7-15(11-17,8-4-2)12-19-13(20)16(18-14(19)21)9-5-6-10-16/h3-12H2,1-2H3,(H,18,21). The van der Waals surface area contributed by atoms with Crippen LogP contribution in [0.25, 0.3) is 0 Å². The molecule has 0 unspecified atom stereocenters. The molecule has 1 aliphatic heterocycles. The number of urea groups is 1. The Kier molecular flexibility index (Phi) is 5.33. The molecule has 4 nitrogen and oxygen atoms in total. The molecule has 3 amide bonds. The number of carbonyl (C=O) groups excluding carboxylic acids is 2. The zero-order valence-electron chi connectivity index (χ0n) is 13.2. The van der Waals surface area contributed by atoms with E-state index in [9.17, 15) is 9.59 Å². The third kappa shape index (κ3) is 3.13. The van der Waals surface area contributed by atoms with E-state index in [1.54, 1.807) is 0 Å². The van der Waals surface area contributed by atoms with Crippen LogP contribution in [-0.2, 0) is 4.79 Å². The van der Waals surface area contributed by atoms with Gasteiger partial charge in [0.2, 0.25) is 0 Å². The number of nitrogens with zero attached hydrogens (tertiary/aromatic N) is 1. The quantitative estimate of drug-likeness (QED) is 0.555. The summed E-state index contributed by atoms with van der Waals surface area (Å²) in [6, 6.07) is -0.181. The van der Waals surface area contributed by atoms with E-state index in [4.69, 9.17) is 0 Å². The van der Waals surface area contributed by atoms with Gasteiger partial charge in [-0.05, 0) is 31.1 Å². The second kappa shape index (κ2) is 6.67. The van der Waals surface area contributed by atoms with E-state index >= 15 is 0 Å². The van der Waals surface area contributed by atoms with E-state index in [1.165, 1.54) is 4.90 Å². The largest absolute Gasteiger partial charge is 0.325 e. The molecule has 1 spiro atoms. The maximum absolute atomic E-state index is 12.8. The average Bonchev–Trinajstić information content (AvgIpc) is 3.01. The molecule has 1 saturated heterocycles. The van der Waals surface area contributed by atoms with Gasteiger partial charge in [-0.15, -0.1) is 0 Å². The van der Waals surface area contributed by atoms with Gasteiger partial charge in [0.25, 0.3) is 5.91 Å². The van der Waals surface area contributed by atoms with Crippen LogP contribution in [0.1, 0.15) is 65.2 Å². The second-order valence-corrected chi connectivity index (χ2v) is 7.31. The van der Waals surface area contributed by atoms with Gasteiger partial charge in [0.05, 0.1) is 0 Å². The monoisotopic (exact) mass is 358 g/mol. The first-order valence-electron chi connectivity index (χ1n) is 8.22. The fraction of sp³-hybridized carbons (Fsp3) is 0.875. The van der Waals surface area contributed by atoms with Gasteiger partial charge in [-0.25, -0.2) is 4.79 Å². The van der Waals surface area contributed by atoms with E-state index in [2.05, 4.69) is 35.1 Å². The maximum Gasteiger partial charge on any atom is 0.325 e. The van der Waals surface area contributed by atoms with E-state index in [1.807, 2.05) is 0 Å². The van der Waals surface area contributed by atoms with Gasteiger partial charge in [0.15, 0.2) is 0 Å². The first-order chi connectivity index (χ1) is 10.0. The number of imide groups is 1. The smallest absolute Gasteiger partial charge is 0.323 e. The molecule has 1 heterocycles. The number of hydrogen-bond acceptors (Lipinski definition) is 2. The summed E-state index contributed by atoms with van der Waals surface area (Å²) in [6.45, 7) is 4.88. The molecule has 1 N–H and O–H groups in total. The van der Waals surface area contributed by atoms with Crippen molar-refractivity contribution in [2.24, 2.45) is 5.41 Å². The predicted molar refractivity (Wildman–Crippen MR) is 87.5 cm³/mol. The Labute approximate surface area is 136 Å². The Bertz CT molecular complexity index is 399. The minimum atomic E-state index is -0.576. The Balaban J connectivity index is 2.16. The van der Waals surface area contributed by atoms with Crippen molar-refractivity contribution in [3.63, 3.8) is 0 Å². The summed E-state index contributed by atoms with van der Waals surface area (Å²) in [5.74, 6) is 0.0162. The lowest BCUT2D eigenvalue weighted by Gasteiger charge is -2.34. The van der Waals surface area contributed by atoms with Crippen molar-refractivity contribution in [3.05, 3.63) is 0 Å². The highest BCUT2D eigenvalue weighted by atomic mass is 79.9. The summed E-state index contributed by atoms with van der Waals surface area (Å²) in [6.07, 6.45) is 7.89. The molecule has 5 heteroatoms. The molecule has 0 aromatic rings. The Morgan fingerprint density at radius 2 is 1.76 bits per heavy atom. The molecule has 0 aromatic heterocycles. The molecule has 120 valence electrons. The molecule has 0 bridgehead atoms. The van der Waals surface area contributed by atoms with Crippen molar-refractivity contribution in [2.45, 2.75) is 70.8 Å². The number of hydrogen-bond donors (Lipinski definition) is 1. The third-order valence-corrected chi connectivity index (χ3v) is 6.23. The summed E-state index contributed by atoms with van der Waals surface area (Å²) in [7, 11) is 0. The predicted octanol–water partition coefficient (Wildman–Crippen LogP) is 3.83. The van der Waals surface area contributed by atoms with Crippen molar-refractivity contribution < 1.29 is 9.59 Å². The topological polar surface area (TPSA) is 49.4 Å². The Hall–Kier alpha value is -0.580. The minimum absolute atomic E-state index is 0.0145. The van der Waals surface area contributed by atoms with Gasteiger partial charge in [-0.1, -0.05) is 55.5 Å². The van der Waals surface area contributed by atoms with Gasteiger partial charge in [0, 0.05) is 11.9 Å². The number of alkyl halides is 1. The zero-order chi connectivity index (χ0) is 15.5. The molecule has 1 saturated carbocycles. The fourth-order valence-corrected chi connectivity index (χ4v) is 4.73. The van der Waals surface area contributed by atoms with Crippen LogP contribution < -0.4 is 5.32 Å². The zero-order valence-corrected chi connectivity index (χ0v) is 14.8. The number of rotatable bonds is 7.